The van der Waals surface area contributed by atoms with E-state index >= 15 is 0 Å². The van der Waals surface area contributed by atoms with Gasteiger partial charge in [-0.05, 0) is 44.9 Å². The van der Waals surface area contributed by atoms with E-state index in [1.54, 1.807) is 0 Å². The molecule has 0 aliphatic carbocycles. The lowest BCUT2D eigenvalue weighted by atomic mass is 10.0. The first-order valence-corrected chi connectivity index (χ1v) is 26.7. The quantitative estimate of drug-likeness (QED) is 0.0263. The summed E-state index contributed by atoms with van der Waals surface area (Å²) < 4.78 is 16.8. The maximum absolute atomic E-state index is 12.8. The predicted molar refractivity (Wildman–Crippen MR) is 256 cm³/mol. The summed E-state index contributed by atoms with van der Waals surface area (Å²) in [6.07, 6.45) is 54.8. The van der Waals surface area contributed by atoms with Gasteiger partial charge in [-0.1, -0.05) is 245 Å². The van der Waals surface area contributed by atoms with Gasteiger partial charge in [0.25, 0.3) is 0 Å². The first-order chi connectivity index (χ1) is 29.5. The average Bonchev–Trinajstić information content (AvgIpc) is 3.24. The fraction of sp³-hybridized carbons (Fsp3) is 0.907. The summed E-state index contributed by atoms with van der Waals surface area (Å²) in [4.78, 5) is 38.0. The van der Waals surface area contributed by atoms with Crippen molar-refractivity contribution in [3.05, 3.63) is 12.2 Å². The van der Waals surface area contributed by atoms with Crippen LogP contribution < -0.4 is 0 Å². The highest BCUT2D eigenvalue weighted by Gasteiger charge is 2.19. The van der Waals surface area contributed by atoms with Crippen molar-refractivity contribution in [2.24, 2.45) is 0 Å². The number of carbonyl (C=O) groups is 3. The zero-order chi connectivity index (χ0) is 43.7. The van der Waals surface area contributed by atoms with Gasteiger partial charge < -0.3 is 14.2 Å². The summed E-state index contributed by atoms with van der Waals surface area (Å²) in [6.45, 7) is 6.65. The van der Waals surface area contributed by atoms with E-state index in [1.807, 2.05) is 0 Å². The number of hydrogen-bond acceptors (Lipinski definition) is 6. The molecule has 1 atom stereocenters. The fourth-order valence-electron chi connectivity index (χ4n) is 7.97. The zero-order valence-corrected chi connectivity index (χ0v) is 40.5. The van der Waals surface area contributed by atoms with Crippen molar-refractivity contribution in [3.63, 3.8) is 0 Å². The van der Waals surface area contributed by atoms with Gasteiger partial charge in [0.05, 0.1) is 0 Å². The Morgan fingerprint density at radius 2 is 0.550 bits per heavy atom. The molecule has 0 heterocycles. The van der Waals surface area contributed by atoms with Crippen LogP contribution in [-0.2, 0) is 28.6 Å². The first-order valence-electron chi connectivity index (χ1n) is 26.7. The van der Waals surface area contributed by atoms with Crippen molar-refractivity contribution in [1.29, 1.82) is 0 Å². The number of ether oxygens (including phenoxy) is 3. The normalized spacial score (nSPS) is 12.0. The number of allylic oxidation sites excluding steroid dienone is 2. The Morgan fingerprint density at radius 1 is 0.317 bits per heavy atom. The monoisotopic (exact) mass is 847 g/mol. The summed E-state index contributed by atoms with van der Waals surface area (Å²) >= 11 is 0. The van der Waals surface area contributed by atoms with E-state index in [4.69, 9.17) is 14.2 Å². The van der Waals surface area contributed by atoms with Crippen LogP contribution in [0.4, 0.5) is 0 Å². The molecule has 0 spiro atoms. The molecule has 0 aliphatic rings. The fourth-order valence-corrected chi connectivity index (χ4v) is 7.97. The molecule has 354 valence electrons. The topological polar surface area (TPSA) is 78.9 Å². The van der Waals surface area contributed by atoms with Crippen molar-refractivity contribution in [2.75, 3.05) is 13.2 Å². The van der Waals surface area contributed by atoms with Crippen LogP contribution in [0.25, 0.3) is 0 Å². The van der Waals surface area contributed by atoms with Gasteiger partial charge in [-0.15, -0.1) is 0 Å². The van der Waals surface area contributed by atoms with Crippen molar-refractivity contribution in [2.45, 2.75) is 303 Å². The van der Waals surface area contributed by atoms with Gasteiger partial charge in [0.15, 0.2) is 6.10 Å². The van der Waals surface area contributed by atoms with Crippen LogP contribution in [0.2, 0.25) is 0 Å². The van der Waals surface area contributed by atoms with Gasteiger partial charge in [-0.2, -0.15) is 0 Å². The predicted octanol–water partition coefficient (Wildman–Crippen LogP) is 17.4. The highest BCUT2D eigenvalue weighted by atomic mass is 16.6. The van der Waals surface area contributed by atoms with Crippen molar-refractivity contribution in [3.8, 4) is 0 Å². The van der Waals surface area contributed by atoms with Crippen LogP contribution in [0.5, 0.6) is 0 Å². The molecule has 0 unspecified atom stereocenters. The summed E-state index contributed by atoms with van der Waals surface area (Å²) in [5.74, 6) is -0.858. The van der Waals surface area contributed by atoms with Gasteiger partial charge in [-0.25, -0.2) is 0 Å². The van der Waals surface area contributed by atoms with E-state index in [-0.39, 0.29) is 31.1 Å². The lowest BCUT2D eigenvalue weighted by Gasteiger charge is -2.18. The van der Waals surface area contributed by atoms with E-state index in [1.165, 1.54) is 193 Å². The molecule has 0 radical (unpaired) electrons. The van der Waals surface area contributed by atoms with Gasteiger partial charge in [-0.3, -0.25) is 14.4 Å². The number of hydrogen-bond donors (Lipinski definition) is 0. The van der Waals surface area contributed by atoms with Crippen LogP contribution in [0, 0.1) is 0 Å². The molecule has 0 saturated heterocycles. The van der Waals surface area contributed by atoms with Crippen LogP contribution in [0.3, 0.4) is 0 Å². The molecule has 0 fully saturated rings. The Hall–Kier alpha value is -1.85. The molecular weight excluding hydrogens is 745 g/mol. The van der Waals surface area contributed by atoms with Crippen LogP contribution in [0.1, 0.15) is 297 Å². The molecule has 0 saturated carbocycles. The molecule has 0 amide bonds. The van der Waals surface area contributed by atoms with Gasteiger partial charge in [0.2, 0.25) is 0 Å². The van der Waals surface area contributed by atoms with Gasteiger partial charge >= 0.3 is 17.9 Å². The Labute approximate surface area is 373 Å². The molecule has 0 bridgehead atoms. The third-order valence-corrected chi connectivity index (χ3v) is 12.0. The number of esters is 3. The molecule has 0 rings (SSSR count). The summed E-state index contributed by atoms with van der Waals surface area (Å²) in [7, 11) is 0. The number of unbranched alkanes of at least 4 members (excludes halogenated alkanes) is 36. The minimum atomic E-state index is -0.766. The number of carbonyl (C=O) groups excluding carboxylic acids is 3. The van der Waals surface area contributed by atoms with Crippen LogP contribution in [0.15, 0.2) is 12.2 Å². The summed E-state index contributed by atoms with van der Waals surface area (Å²) in [5.41, 5.74) is 0. The zero-order valence-electron chi connectivity index (χ0n) is 40.5. The third kappa shape index (κ3) is 47.2. The largest absolute Gasteiger partial charge is 0.462 e. The molecule has 0 aromatic rings. The molecular formula is C54H102O6. The SMILES string of the molecule is CCCCCC/C=C\CCCCCCCC(=O)OC[C@H](COC(=O)CCCCCCCCCCCCCCCCCCC)OC(=O)CCCCCCCCCCCCCC. The van der Waals surface area contributed by atoms with Crippen LogP contribution >= 0.6 is 0 Å². The second kappa shape index (κ2) is 49.8. The van der Waals surface area contributed by atoms with Crippen LogP contribution in [-0.4, -0.2) is 37.2 Å². The third-order valence-electron chi connectivity index (χ3n) is 12.0. The van der Waals surface area contributed by atoms with Crippen molar-refractivity contribution >= 4 is 17.9 Å². The van der Waals surface area contributed by atoms with Crippen molar-refractivity contribution < 1.29 is 28.6 Å². The van der Waals surface area contributed by atoms with E-state index in [2.05, 4.69) is 32.9 Å². The van der Waals surface area contributed by atoms with Gasteiger partial charge in [0, 0.05) is 19.3 Å². The lowest BCUT2D eigenvalue weighted by Crippen LogP contribution is -2.30. The molecule has 6 nitrogen and oxygen atoms in total. The first kappa shape index (κ1) is 58.1. The Balaban J connectivity index is 4.30. The Bertz CT molecular complexity index is 931. The van der Waals surface area contributed by atoms with E-state index in [0.29, 0.717) is 19.3 Å². The summed E-state index contributed by atoms with van der Waals surface area (Å²) in [6, 6.07) is 0. The maximum Gasteiger partial charge on any atom is 0.306 e. The minimum absolute atomic E-state index is 0.0670. The van der Waals surface area contributed by atoms with E-state index in [0.717, 1.165) is 64.2 Å². The molecule has 6 heteroatoms. The maximum atomic E-state index is 12.8. The van der Waals surface area contributed by atoms with Gasteiger partial charge in [0.1, 0.15) is 13.2 Å². The highest BCUT2D eigenvalue weighted by Crippen LogP contribution is 2.16. The second-order valence-electron chi connectivity index (χ2n) is 18.2. The Kier molecular flexibility index (Phi) is 48.3. The summed E-state index contributed by atoms with van der Waals surface area (Å²) in [5, 5.41) is 0. The standard InChI is InChI=1S/C54H102O6/c1-4-7-10-13-16-19-22-25-26-27-28-30-33-35-38-41-44-47-53(56)59-50-51(60-54(57)48-45-42-39-36-31-24-21-18-15-12-9-6-3)49-58-52(55)46-43-40-37-34-32-29-23-20-17-14-11-8-5-2/h20,23,51H,4-19,21-22,24-50H2,1-3H3/b23-20-/t51-/m1/s1. The van der Waals surface area contributed by atoms with E-state index in [9.17, 15) is 14.4 Å². The molecule has 0 aliphatic heterocycles. The lowest BCUT2D eigenvalue weighted by molar-refractivity contribution is -0.167. The molecule has 0 aromatic heterocycles. The Morgan fingerprint density at radius 3 is 0.850 bits per heavy atom. The smallest absolute Gasteiger partial charge is 0.306 e. The number of rotatable bonds is 49. The molecule has 0 aromatic carbocycles. The van der Waals surface area contributed by atoms with Crippen molar-refractivity contribution in [1.82, 2.24) is 0 Å². The second-order valence-corrected chi connectivity index (χ2v) is 18.2. The minimum Gasteiger partial charge on any atom is -0.462 e. The average molecular weight is 847 g/mol. The highest BCUT2D eigenvalue weighted by molar-refractivity contribution is 5.71. The molecule has 60 heavy (non-hydrogen) atoms. The van der Waals surface area contributed by atoms with E-state index < -0.39 is 6.10 Å². The molecule has 0 N–H and O–H groups in total.